The number of hydrogen-bond acceptors (Lipinski definition) is 7. The predicted molar refractivity (Wildman–Crippen MR) is 124 cm³/mol. The van der Waals surface area contributed by atoms with Crippen LogP contribution in [0.4, 0.5) is 0 Å². The van der Waals surface area contributed by atoms with Gasteiger partial charge in [-0.05, 0) is 30.3 Å². The molecule has 1 unspecified atom stereocenters. The first-order valence-electron chi connectivity index (χ1n) is 10.3. The molecule has 0 fully saturated rings. The molecular formula is C26H16N4O3. The fourth-order valence-corrected chi connectivity index (χ4v) is 4.55. The van der Waals surface area contributed by atoms with Gasteiger partial charge in [-0.25, -0.2) is 9.97 Å². The number of nitrogens with two attached hydrogens (primary N) is 1. The molecule has 7 heteroatoms. The molecule has 33 heavy (non-hydrogen) atoms. The van der Waals surface area contributed by atoms with Crippen molar-refractivity contribution in [1.29, 1.82) is 5.26 Å². The number of aromatic nitrogens is 2. The van der Waals surface area contributed by atoms with Crippen molar-refractivity contribution in [3.8, 4) is 23.3 Å². The van der Waals surface area contributed by atoms with Crippen molar-refractivity contribution in [3.05, 3.63) is 89.3 Å². The maximum absolute atomic E-state index is 10.7. The molecule has 2 heterocycles. The number of benzene rings is 4. The topological polar surface area (TPSA) is 125 Å². The molecule has 1 atom stereocenters. The van der Waals surface area contributed by atoms with Crippen LogP contribution >= 0.6 is 0 Å². The molecule has 1 aromatic heterocycles. The van der Waals surface area contributed by atoms with Crippen LogP contribution in [0.25, 0.3) is 32.8 Å². The summed E-state index contributed by atoms with van der Waals surface area (Å²) in [4.78, 5) is 9.80. The molecule has 0 radical (unpaired) electrons. The van der Waals surface area contributed by atoms with Gasteiger partial charge in [-0.2, -0.15) is 5.26 Å². The molecular weight excluding hydrogens is 416 g/mol. The minimum atomic E-state index is -0.812. The lowest BCUT2D eigenvalue weighted by atomic mass is 9.81. The molecule has 158 valence electrons. The van der Waals surface area contributed by atoms with Gasteiger partial charge in [0.1, 0.15) is 28.9 Å². The number of hydrogen-bond donors (Lipinski definition) is 3. The number of aromatic hydroxyl groups is 2. The second kappa shape index (κ2) is 6.84. The van der Waals surface area contributed by atoms with Gasteiger partial charge < -0.3 is 20.7 Å². The molecule has 5 aromatic rings. The first-order valence-corrected chi connectivity index (χ1v) is 10.3. The number of phenolic OH excluding ortho intramolecular Hbond substituents is 2. The second-order valence-corrected chi connectivity index (χ2v) is 7.87. The summed E-state index contributed by atoms with van der Waals surface area (Å²) in [7, 11) is 0. The summed E-state index contributed by atoms with van der Waals surface area (Å²) in [5.41, 5.74) is 9.81. The summed E-state index contributed by atoms with van der Waals surface area (Å²) in [6.07, 6.45) is 0. The SMILES string of the molecule is N#CC1=C(N)Oc2c(c3nc4ccccc4nc3c3ccccc23)C1c1cc(O)ccc1O. The third kappa shape index (κ3) is 2.68. The second-order valence-electron chi connectivity index (χ2n) is 7.87. The highest BCUT2D eigenvalue weighted by atomic mass is 16.5. The van der Waals surface area contributed by atoms with Gasteiger partial charge in [0, 0.05) is 21.9 Å². The van der Waals surface area contributed by atoms with Crippen molar-refractivity contribution in [2.24, 2.45) is 5.73 Å². The monoisotopic (exact) mass is 432 g/mol. The van der Waals surface area contributed by atoms with Gasteiger partial charge >= 0.3 is 0 Å². The third-order valence-corrected chi connectivity index (χ3v) is 5.99. The minimum Gasteiger partial charge on any atom is -0.508 e. The van der Waals surface area contributed by atoms with E-state index in [1.807, 2.05) is 48.5 Å². The Balaban J connectivity index is 1.84. The molecule has 4 aromatic carbocycles. The lowest BCUT2D eigenvalue weighted by Crippen LogP contribution is -2.22. The number of ether oxygens (including phenoxy) is 1. The van der Waals surface area contributed by atoms with Gasteiger partial charge in [-0.3, -0.25) is 0 Å². The van der Waals surface area contributed by atoms with Crippen molar-refractivity contribution in [3.63, 3.8) is 0 Å². The molecule has 0 spiro atoms. The molecule has 0 saturated carbocycles. The van der Waals surface area contributed by atoms with E-state index in [1.165, 1.54) is 18.2 Å². The molecule has 1 aliphatic heterocycles. The number of para-hydroxylation sites is 2. The Morgan fingerprint density at radius 3 is 2.27 bits per heavy atom. The number of fused-ring (bicyclic) bond motifs is 7. The lowest BCUT2D eigenvalue weighted by molar-refractivity contribution is 0.396. The summed E-state index contributed by atoms with van der Waals surface area (Å²) in [6, 6.07) is 21.5. The Morgan fingerprint density at radius 1 is 0.879 bits per heavy atom. The van der Waals surface area contributed by atoms with Crippen LogP contribution in [-0.4, -0.2) is 20.2 Å². The summed E-state index contributed by atoms with van der Waals surface area (Å²) < 4.78 is 6.01. The fourth-order valence-electron chi connectivity index (χ4n) is 4.55. The summed E-state index contributed by atoms with van der Waals surface area (Å²) >= 11 is 0. The van der Waals surface area contributed by atoms with E-state index in [0.717, 1.165) is 16.3 Å². The Labute approximate surface area is 187 Å². The quantitative estimate of drug-likeness (QED) is 0.201. The van der Waals surface area contributed by atoms with E-state index >= 15 is 0 Å². The van der Waals surface area contributed by atoms with E-state index in [2.05, 4.69) is 6.07 Å². The van der Waals surface area contributed by atoms with E-state index in [9.17, 15) is 15.5 Å². The Hall–Kier alpha value is -4.83. The number of rotatable bonds is 1. The maximum Gasteiger partial charge on any atom is 0.205 e. The van der Waals surface area contributed by atoms with Gasteiger partial charge in [0.05, 0.1) is 28.0 Å². The molecule has 1 aliphatic rings. The van der Waals surface area contributed by atoms with Crippen molar-refractivity contribution < 1.29 is 14.9 Å². The number of nitrogens with zero attached hydrogens (tertiary/aromatic N) is 3. The average Bonchev–Trinajstić information content (AvgIpc) is 2.84. The molecule has 7 nitrogen and oxygen atoms in total. The summed E-state index contributed by atoms with van der Waals surface area (Å²) in [5, 5.41) is 32.5. The Morgan fingerprint density at radius 2 is 1.55 bits per heavy atom. The smallest absolute Gasteiger partial charge is 0.205 e. The van der Waals surface area contributed by atoms with Crippen LogP contribution in [0, 0.1) is 11.3 Å². The van der Waals surface area contributed by atoms with E-state index in [-0.39, 0.29) is 23.0 Å². The first kappa shape index (κ1) is 18.9. The maximum atomic E-state index is 10.7. The van der Waals surface area contributed by atoms with Crippen LogP contribution in [0.15, 0.2) is 78.2 Å². The van der Waals surface area contributed by atoms with Gasteiger partial charge in [-0.1, -0.05) is 36.4 Å². The number of nitriles is 1. The zero-order chi connectivity index (χ0) is 22.7. The molecule has 6 rings (SSSR count). The Kier molecular flexibility index (Phi) is 3.92. The molecule has 0 amide bonds. The van der Waals surface area contributed by atoms with E-state index < -0.39 is 5.92 Å². The van der Waals surface area contributed by atoms with E-state index in [4.69, 9.17) is 20.4 Å². The zero-order valence-corrected chi connectivity index (χ0v) is 17.1. The van der Waals surface area contributed by atoms with E-state index in [1.54, 1.807) is 0 Å². The van der Waals surface area contributed by atoms with Crippen LogP contribution in [0.5, 0.6) is 17.2 Å². The van der Waals surface area contributed by atoms with Crippen LogP contribution in [0.2, 0.25) is 0 Å². The van der Waals surface area contributed by atoms with Crippen molar-refractivity contribution >= 4 is 32.8 Å². The largest absolute Gasteiger partial charge is 0.508 e. The lowest BCUT2D eigenvalue weighted by Gasteiger charge is -2.29. The number of allylic oxidation sites excluding steroid dienone is 1. The van der Waals surface area contributed by atoms with Gasteiger partial charge in [0.15, 0.2) is 0 Å². The van der Waals surface area contributed by atoms with Gasteiger partial charge in [0.25, 0.3) is 0 Å². The molecule has 4 N–H and O–H groups in total. The Bertz CT molecular complexity index is 1700. The molecule has 0 bridgehead atoms. The van der Waals surface area contributed by atoms with Crippen molar-refractivity contribution in [2.75, 3.05) is 0 Å². The number of phenols is 2. The fraction of sp³-hybridized carbons (Fsp3) is 0.0385. The molecule has 0 aliphatic carbocycles. The average molecular weight is 432 g/mol. The van der Waals surface area contributed by atoms with Gasteiger partial charge in [-0.15, -0.1) is 0 Å². The zero-order valence-electron chi connectivity index (χ0n) is 17.1. The normalized spacial score (nSPS) is 15.4. The van der Waals surface area contributed by atoms with Gasteiger partial charge in [0.2, 0.25) is 5.88 Å². The van der Waals surface area contributed by atoms with E-state index in [0.29, 0.717) is 33.4 Å². The summed E-state index contributed by atoms with van der Waals surface area (Å²) in [6.45, 7) is 0. The highest BCUT2D eigenvalue weighted by Gasteiger charge is 2.36. The predicted octanol–water partition coefficient (Wildman–Crippen LogP) is 4.57. The van der Waals surface area contributed by atoms with Crippen molar-refractivity contribution in [2.45, 2.75) is 5.92 Å². The minimum absolute atomic E-state index is 0.0478. The summed E-state index contributed by atoms with van der Waals surface area (Å²) in [5.74, 6) is -0.550. The highest BCUT2D eigenvalue weighted by Crippen LogP contribution is 2.51. The third-order valence-electron chi connectivity index (χ3n) is 5.99. The van der Waals surface area contributed by atoms with Crippen LogP contribution in [-0.2, 0) is 0 Å². The highest BCUT2D eigenvalue weighted by molar-refractivity contribution is 6.11. The van der Waals surface area contributed by atoms with Crippen LogP contribution in [0.1, 0.15) is 17.0 Å². The molecule has 0 saturated heterocycles. The first-order chi connectivity index (χ1) is 16.1. The van der Waals surface area contributed by atoms with Crippen molar-refractivity contribution in [1.82, 2.24) is 9.97 Å². The standard InChI is InChI=1S/C26H16N4O3/c27-12-17-21(16-11-13(31)9-10-20(16)32)22-24-23(29-18-7-3-4-8-19(18)30-24)14-5-1-2-6-15(14)25(22)33-26(17)28/h1-11,21,31-32H,28H2. The van der Waals surface area contributed by atoms with Crippen LogP contribution < -0.4 is 10.5 Å². The van der Waals surface area contributed by atoms with Crippen LogP contribution in [0.3, 0.4) is 0 Å².